The molecule has 0 saturated carbocycles. The van der Waals surface area contributed by atoms with E-state index in [9.17, 15) is 19.1 Å². The molecule has 7 heteroatoms. The summed E-state index contributed by atoms with van der Waals surface area (Å²) in [5.41, 5.74) is 0.0846. The Balaban J connectivity index is 2.10. The van der Waals surface area contributed by atoms with Crippen molar-refractivity contribution in [1.29, 1.82) is 0 Å². The number of aryl methyl sites for hydroxylation is 1. The monoisotopic (exact) mass is 339 g/mol. The summed E-state index contributed by atoms with van der Waals surface area (Å²) in [5.74, 6) is -1.06. The molecule has 0 atom stereocenters. The second kappa shape index (κ2) is 6.56. The molecule has 2 N–H and O–H groups in total. The molecule has 0 aliphatic rings. The molecular weight excluding hydrogens is 325 g/mol. The lowest BCUT2D eigenvalue weighted by atomic mass is 10.2. The summed E-state index contributed by atoms with van der Waals surface area (Å²) in [5, 5.41) is 10.4. The first kappa shape index (κ1) is 16.4. The molecule has 0 aliphatic carbocycles. The van der Waals surface area contributed by atoms with Crippen LogP contribution in [-0.2, 0) is 0 Å². The minimum atomic E-state index is -0.832. The van der Waals surface area contributed by atoms with Crippen molar-refractivity contribution in [2.75, 3.05) is 0 Å². The van der Waals surface area contributed by atoms with Crippen molar-refractivity contribution in [2.45, 2.75) is 6.92 Å². The number of halogens is 1. The first-order valence-electron chi connectivity index (χ1n) is 7.40. The van der Waals surface area contributed by atoms with Gasteiger partial charge in [-0.3, -0.25) is 14.8 Å². The predicted octanol–water partition coefficient (Wildman–Crippen LogP) is 2.43. The number of H-pyrrole nitrogens is 1. The van der Waals surface area contributed by atoms with Crippen molar-refractivity contribution >= 4 is 11.9 Å². The number of rotatable bonds is 3. The fraction of sp³-hybridized carbons (Fsp3) is 0.0556. The first-order valence-corrected chi connectivity index (χ1v) is 7.40. The zero-order valence-electron chi connectivity index (χ0n) is 13.2. The van der Waals surface area contributed by atoms with Crippen LogP contribution in [0.3, 0.4) is 0 Å². The molecule has 0 amide bonds. The summed E-state index contributed by atoms with van der Waals surface area (Å²) in [7, 11) is 0. The predicted molar refractivity (Wildman–Crippen MR) is 92.7 cm³/mol. The van der Waals surface area contributed by atoms with E-state index in [1.807, 2.05) is 19.1 Å². The lowest BCUT2D eigenvalue weighted by Crippen LogP contribution is -2.31. The number of aliphatic imine (C=N–C) groups is 1. The van der Waals surface area contributed by atoms with Gasteiger partial charge in [0, 0.05) is 6.21 Å². The van der Waals surface area contributed by atoms with Crippen LogP contribution in [-0.4, -0.2) is 20.9 Å². The third kappa shape index (κ3) is 3.40. The molecule has 1 aromatic heterocycles. The van der Waals surface area contributed by atoms with Gasteiger partial charge in [0.15, 0.2) is 0 Å². The molecule has 3 rings (SSSR count). The molecule has 0 radical (unpaired) electrons. The maximum absolute atomic E-state index is 13.1. The maximum atomic E-state index is 13.1. The zero-order valence-corrected chi connectivity index (χ0v) is 13.2. The van der Waals surface area contributed by atoms with E-state index in [-0.39, 0.29) is 11.3 Å². The van der Waals surface area contributed by atoms with Gasteiger partial charge in [0.2, 0.25) is 5.88 Å². The van der Waals surface area contributed by atoms with Gasteiger partial charge in [-0.25, -0.2) is 13.8 Å². The molecule has 0 saturated heterocycles. The van der Waals surface area contributed by atoms with Gasteiger partial charge >= 0.3 is 5.69 Å². The number of hydrogen-bond acceptors (Lipinski definition) is 4. The van der Waals surface area contributed by atoms with Crippen molar-refractivity contribution in [3.8, 4) is 11.6 Å². The number of nitrogens with one attached hydrogen (secondary N) is 1. The van der Waals surface area contributed by atoms with Gasteiger partial charge in [-0.1, -0.05) is 17.7 Å². The standard InChI is InChI=1S/C18H14FN3O3/c1-11-2-6-13(7-3-11)20-10-15-16(23)21-18(25)22(17(15)24)14-8-4-12(19)5-9-14/h2-10,24H,1H3,(H,21,23,25). The van der Waals surface area contributed by atoms with E-state index in [0.29, 0.717) is 5.69 Å². The Hall–Kier alpha value is -3.48. The van der Waals surface area contributed by atoms with Crippen molar-refractivity contribution in [2.24, 2.45) is 4.99 Å². The van der Waals surface area contributed by atoms with E-state index >= 15 is 0 Å². The van der Waals surface area contributed by atoms with Crippen LogP contribution in [0.5, 0.6) is 5.88 Å². The van der Waals surface area contributed by atoms with Crippen molar-refractivity contribution < 1.29 is 9.50 Å². The third-order valence-electron chi connectivity index (χ3n) is 3.58. The topological polar surface area (TPSA) is 87.4 Å². The van der Waals surface area contributed by atoms with E-state index in [4.69, 9.17) is 0 Å². The number of aromatic hydroxyl groups is 1. The lowest BCUT2D eigenvalue weighted by molar-refractivity contribution is 0.430. The second-order valence-corrected chi connectivity index (χ2v) is 5.40. The van der Waals surface area contributed by atoms with E-state index in [2.05, 4.69) is 9.98 Å². The second-order valence-electron chi connectivity index (χ2n) is 5.40. The average molecular weight is 339 g/mol. The van der Waals surface area contributed by atoms with Crippen molar-refractivity contribution in [3.63, 3.8) is 0 Å². The first-order chi connectivity index (χ1) is 12.0. The molecule has 25 heavy (non-hydrogen) atoms. The van der Waals surface area contributed by atoms with E-state index in [1.54, 1.807) is 12.1 Å². The Kier molecular flexibility index (Phi) is 4.30. The third-order valence-corrected chi connectivity index (χ3v) is 3.58. The Bertz CT molecular complexity index is 1050. The smallest absolute Gasteiger partial charge is 0.335 e. The fourth-order valence-corrected chi connectivity index (χ4v) is 2.25. The van der Waals surface area contributed by atoms with Crippen LogP contribution in [0.25, 0.3) is 5.69 Å². The Morgan fingerprint density at radius 2 is 1.72 bits per heavy atom. The molecule has 0 aliphatic heterocycles. The van der Waals surface area contributed by atoms with Crippen LogP contribution in [0.4, 0.5) is 10.1 Å². The molecule has 126 valence electrons. The van der Waals surface area contributed by atoms with Crippen LogP contribution in [0.1, 0.15) is 11.1 Å². The Labute approximate surface area is 141 Å². The van der Waals surface area contributed by atoms with Crippen LogP contribution in [0.2, 0.25) is 0 Å². The summed E-state index contributed by atoms with van der Waals surface area (Å²) < 4.78 is 13.9. The summed E-state index contributed by atoms with van der Waals surface area (Å²) in [6.07, 6.45) is 1.18. The molecule has 0 fully saturated rings. The Morgan fingerprint density at radius 3 is 2.36 bits per heavy atom. The largest absolute Gasteiger partial charge is 0.493 e. The summed E-state index contributed by atoms with van der Waals surface area (Å²) in [4.78, 5) is 30.3. The highest BCUT2D eigenvalue weighted by molar-refractivity contribution is 5.84. The number of hydrogen-bond donors (Lipinski definition) is 2. The van der Waals surface area contributed by atoms with Gasteiger partial charge in [0.1, 0.15) is 11.4 Å². The number of benzene rings is 2. The molecule has 0 bridgehead atoms. The highest BCUT2D eigenvalue weighted by Gasteiger charge is 2.14. The zero-order chi connectivity index (χ0) is 18.0. The SMILES string of the molecule is Cc1ccc(N=Cc2c(O)n(-c3ccc(F)cc3)c(=O)[nH]c2=O)cc1. The summed E-state index contributed by atoms with van der Waals surface area (Å²) in [6.45, 7) is 1.93. The van der Waals surface area contributed by atoms with Crippen LogP contribution in [0, 0.1) is 12.7 Å². The lowest BCUT2D eigenvalue weighted by Gasteiger charge is -2.09. The number of aromatic amines is 1. The molecule has 2 aromatic carbocycles. The number of aromatic nitrogens is 2. The van der Waals surface area contributed by atoms with Crippen LogP contribution < -0.4 is 11.2 Å². The van der Waals surface area contributed by atoms with Gasteiger partial charge < -0.3 is 5.11 Å². The quantitative estimate of drug-likeness (QED) is 0.719. The minimum absolute atomic E-state index is 0.176. The van der Waals surface area contributed by atoms with Gasteiger partial charge in [0.25, 0.3) is 5.56 Å². The van der Waals surface area contributed by atoms with Crippen molar-refractivity contribution in [3.05, 3.63) is 86.3 Å². The molecular formula is C18H14FN3O3. The normalized spacial score (nSPS) is 11.1. The fourth-order valence-electron chi connectivity index (χ4n) is 2.25. The highest BCUT2D eigenvalue weighted by Crippen LogP contribution is 2.17. The van der Waals surface area contributed by atoms with Crippen LogP contribution >= 0.6 is 0 Å². The molecule has 1 heterocycles. The van der Waals surface area contributed by atoms with E-state index in [0.717, 1.165) is 22.3 Å². The Morgan fingerprint density at radius 1 is 1.08 bits per heavy atom. The number of nitrogens with zero attached hydrogens (tertiary/aromatic N) is 2. The maximum Gasteiger partial charge on any atom is 0.335 e. The van der Waals surface area contributed by atoms with E-state index < -0.39 is 22.9 Å². The minimum Gasteiger partial charge on any atom is -0.493 e. The van der Waals surface area contributed by atoms with Gasteiger partial charge in [-0.2, -0.15) is 0 Å². The average Bonchev–Trinajstić information content (AvgIpc) is 2.57. The molecule has 6 nitrogen and oxygen atoms in total. The summed E-state index contributed by atoms with van der Waals surface area (Å²) >= 11 is 0. The van der Waals surface area contributed by atoms with Gasteiger partial charge in [-0.05, 0) is 43.3 Å². The van der Waals surface area contributed by atoms with Gasteiger partial charge in [-0.15, -0.1) is 0 Å². The highest BCUT2D eigenvalue weighted by atomic mass is 19.1. The molecule has 0 spiro atoms. The van der Waals surface area contributed by atoms with Crippen LogP contribution in [0.15, 0.2) is 63.1 Å². The van der Waals surface area contributed by atoms with Crippen molar-refractivity contribution in [1.82, 2.24) is 9.55 Å². The molecule has 0 unspecified atom stereocenters. The summed E-state index contributed by atoms with van der Waals surface area (Å²) in [6, 6.07) is 12.1. The van der Waals surface area contributed by atoms with Gasteiger partial charge in [0.05, 0.1) is 11.4 Å². The molecule has 3 aromatic rings. The van der Waals surface area contributed by atoms with E-state index in [1.165, 1.54) is 18.3 Å².